The van der Waals surface area contributed by atoms with Gasteiger partial charge in [-0.25, -0.2) is 0 Å². The predicted octanol–water partition coefficient (Wildman–Crippen LogP) is 14.3. The molecule has 242 valence electrons. The molecule has 1 aromatic heterocycles. The molecular weight excluding hydrogens is 635 g/mol. The summed E-state index contributed by atoms with van der Waals surface area (Å²) in [7, 11) is 0. The van der Waals surface area contributed by atoms with Crippen LogP contribution in [0.2, 0.25) is 0 Å². The van der Waals surface area contributed by atoms with Crippen molar-refractivity contribution in [1.29, 1.82) is 0 Å². The summed E-state index contributed by atoms with van der Waals surface area (Å²) < 4.78 is 2.63. The van der Waals surface area contributed by atoms with Crippen molar-refractivity contribution in [2.75, 3.05) is 4.90 Å². The van der Waals surface area contributed by atoms with Crippen LogP contribution in [0.4, 0.5) is 17.1 Å². The van der Waals surface area contributed by atoms with Gasteiger partial charge in [0.25, 0.3) is 0 Å². The van der Waals surface area contributed by atoms with E-state index in [0.717, 1.165) is 17.1 Å². The molecule has 1 aliphatic carbocycles. The van der Waals surface area contributed by atoms with Crippen molar-refractivity contribution in [1.82, 2.24) is 0 Å². The fourth-order valence-corrected chi connectivity index (χ4v) is 9.72. The second-order valence-corrected chi connectivity index (χ2v) is 15.2. The first kappa shape index (κ1) is 29.9. The Kier molecular flexibility index (Phi) is 6.78. The molecule has 0 saturated heterocycles. The molecule has 10 rings (SSSR count). The van der Waals surface area contributed by atoms with E-state index in [1.807, 2.05) is 11.3 Å². The molecule has 1 aliphatic rings. The Balaban J connectivity index is 1.18. The summed E-state index contributed by atoms with van der Waals surface area (Å²) in [5, 5.41) is 5.07. The molecule has 0 saturated carbocycles. The Hall–Kier alpha value is -5.96. The Bertz CT molecular complexity index is 2780. The highest BCUT2D eigenvalue weighted by atomic mass is 32.1. The van der Waals surface area contributed by atoms with Crippen LogP contribution in [0, 0.1) is 0 Å². The van der Waals surface area contributed by atoms with Gasteiger partial charge >= 0.3 is 0 Å². The van der Waals surface area contributed by atoms with Crippen LogP contribution in [0.3, 0.4) is 0 Å². The lowest BCUT2D eigenvalue weighted by Crippen LogP contribution is -2.16. The largest absolute Gasteiger partial charge is 0.309 e. The zero-order chi connectivity index (χ0) is 34.1. The molecule has 0 spiro atoms. The van der Waals surface area contributed by atoms with Crippen LogP contribution in [0.15, 0.2) is 176 Å². The molecule has 51 heavy (non-hydrogen) atoms. The summed E-state index contributed by atoms with van der Waals surface area (Å²) in [5.41, 5.74) is 13.9. The first-order valence-electron chi connectivity index (χ1n) is 17.7. The number of benzene rings is 8. The molecule has 0 N–H and O–H groups in total. The normalized spacial score (nSPS) is 13.1. The second kappa shape index (κ2) is 11.6. The molecule has 0 aliphatic heterocycles. The van der Waals surface area contributed by atoms with E-state index < -0.39 is 0 Å². The molecule has 0 radical (unpaired) electrons. The van der Waals surface area contributed by atoms with Gasteiger partial charge in [0.1, 0.15) is 0 Å². The van der Waals surface area contributed by atoms with Gasteiger partial charge < -0.3 is 4.90 Å². The predicted molar refractivity (Wildman–Crippen MR) is 220 cm³/mol. The summed E-state index contributed by atoms with van der Waals surface area (Å²) >= 11 is 1.87. The molecule has 0 fully saturated rings. The van der Waals surface area contributed by atoms with Crippen LogP contribution in [0.5, 0.6) is 0 Å². The van der Waals surface area contributed by atoms with E-state index in [1.54, 1.807) is 0 Å². The SMILES string of the molecule is CC1(C)c2ccccc2-c2cccc(-c3ccc(N(c4ccccc4-c4cccc5sc6ccccc6c45)c4cccc5ccccc45)cc3)c21. The minimum atomic E-state index is -0.0814. The first-order chi connectivity index (χ1) is 25.1. The monoisotopic (exact) mass is 669 g/mol. The number of anilines is 3. The quantitative estimate of drug-likeness (QED) is 0.176. The summed E-state index contributed by atoms with van der Waals surface area (Å²) in [6, 6.07) is 64.8. The zero-order valence-corrected chi connectivity index (χ0v) is 29.4. The van der Waals surface area contributed by atoms with Crippen molar-refractivity contribution in [2.45, 2.75) is 19.3 Å². The number of hydrogen-bond acceptors (Lipinski definition) is 2. The molecule has 0 amide bonds. The van der Waals surface area contributed by atoms with Crippen LogP contribution >= 0.6 is 11.3 Å². The Morgan fingerprint density at radius 1 is 0.431 bits per heavy atom. The molecule has 0 atom stereocenters. The van der Waals surface area contributed by atoms with Gasteiger partial charge in [-0.05, 0) is 80.7 Å². The average molecular weight is 670 g/mol. The van der Waals surface area contributed by atoms with Crippen LogP contribution < -0.4 is 4.90 Å². The number of nitrogens with zero attached hydrogens (tertiary/aromatic N) is 1. The molecule has 0 bridgehead atoms. The third-order valence-corrected chi connectivity index (χ3v) is 12.0. The van der Waals surface area contributed by atoms with Gasteiger partial charge in [0.2, 0.25) is 0 Å². The standard InChI is InChI=1S/C49H35NS/c1-49(2)42-23-8-5-17-37(42)40-22-12-20-36(48(40)49)33-28-30-34(31-29-33)50(43-25-11-15-32-14-3-4-16-35(32)43)44-24-9-6-18-38(44)39-21-13-27-46-47(39)41-19-7-10-26-45(41)51-46/h3-31H,1-2H3. The van der Waals surface area contributed by atoms with Crippen molar-refractivity contribution in [3.05, 3.63) is 187 Å². The highest BCUT2D eigenvalue weighted by molar-refractivity contribution is 7.25. The second-order valence-electron chi connectivity index (χ2n) is 14.1. The number of hydrogen-bond donors (Lipinski definition) is 0. The van der Waals surface area contributed by atoms with Gasteiger partial charge in [0.15, 0.2) is 0 Å². The maximum absolute atomic E-state index is 2.46. The molecule has 0 unspecified atom stereocenters. The van der Waals surface area contributed by atoms with E-state index in [9.17, 15) is 0 Å². The molecule has 2 heteroatoms. The van der Waals surface area contributed by atoms with E-state index in [4.69, 9.17) is 0 Å². The number of para-hydroxylation sites is 1. The molecule has 8 aromatic carbocycles. The van der Waals surface area contributed by atoms with Gasteiger partial charge in [-0.3, -0.25) is 0 Å². The van der Waals surface area contributed by atoms with Gasteiger partial charge in [0.05, 0.1) is 11.4 Å². The van der Waals surface area contributed by atoms with Crippen LogP contribution in [0.1, 0.15) is 25.0 Å². The fourth-order valence-electron chi connectivity index (χ4n) is 8.59. The third kappa shape index (κ3) is 4.60. The summed E-state index contributed by atoms with van der Waals surface area (Å²) in [5.74, 6) is 0. The lowest BCUT2D eigenvalue weighted by atomic mass is 9.79. The van der Waals surface area contributed by atoms with E-state index in [0.29, 0.717) is 0 Å². The van der Waals surface area contributed by atoms with Crippen molar-refractivity contribution >= 4 is 59.3 Å². The maximum atomic E-state index is 2.46. The van der Waals surface area contributed by atoms with Gasteiger partial charge in [-0.15, -0.1) is 11.3 Å². The Morgan fingerprint density at radius 2 is 1.02 bits per heavy atom. The highest BCUT2D eigenvalue weighted by Crippen LogP contribution is 2.53. The van der Waals surface area contributed by atoms with Crippen molar-refractivity contribution in [3.8, 4) is 33.4 Å². The van der Waals surface area contributed by atoms with Crippen LogP contribution in [-0.4, -0.2) is 0 Å². The molecule has 1 nitrogen and oxygen atoms in total. The van der Waals surface area contributed by atoms with Gasteiger partial charge in [-0.2, -0.15) is 0 Å². The summed E-state index contributed by atoms with van der Waals surface area (Å²) in [6.07, 6.45) is 0. The van der Waals surface area contributed by atoms with E-state index in [1.165, 1.54) is 75.5 Å². The average Bonchev–Trinajstić information content (AvgIpc) is 3.68. The van der Waals surface area contributed by atoms with Crippen molar-refractivity contribution in [2.24, 2.45) is 0 Å². The van der Waals surface area contributed by atoms with E-state index >= 15 is 0 Å². The highest BCUT2D eigenvalue weighted by Gasteiger charge is 2.37. The Labute approximate surface area is 302 Å². The number of fused-ring (bicyclic) bond motifs is 7. The van der Waals surface area contributed by atoms with Crippen LogP contribution in [0.25, 0.3) is 64.3 Å². The summed E-state index contributed by atoms with van der Waals surface area (Å²) in [6.45, 7) is 4.73. The number of thiophene rings is 1. The van der Waals surface area contributed by atoms with Crippen molar-refractivity contribution < 1.29 is 0 Å². The van der Waals surface area contributed by atoms with Gasteiger partial charge in [-0.1, -0.05) is 153 Å². The third-order valence-electron chi connectivity index (χ3n) is 10.9. The Morgan fingerprint density at radius 3 is 1.90 bits per heavy atom. The van der Waals surface area contributed by atoms with Gasteiger partial charge in [0, 0.05) is 42.2 Å². The maximum Gasteiger partial charge on any atom is 0.0540 e. The smallest absolute Gasteiger partial charge is 0.0540 e. The first-order valence-corrected chi connectivity index (χ1v) is 18.5. The molecule has 9 aromatic rings. The molecular formula is C49H35NS. The van der Waals surface area contributed by atoms with Crippen LogP contribution in [-0.2, 0) is 5.41 Å². The minimum absolute atomic E-state index is 0.0814. The van der Waals surface area contributed by atoms with E-state index in [-0.39, 0.29) is 5.41 Å². The lowest BCUT2D eigenvalue weighted by Gasteiger charge is -2.29. The minimum Gasteiger partial charge on any atom is -0.309 e. The zero-order valence-electron chi connectivity index (χ0n) is 28.6. The summed E-state index contributed by atoms with van der Waals surface area (Å²) in [4.78, 5) is 2.46. The topological polar surface area (TPSA) is 3.24 Å². The number of rotatable bonds is 5. The fraction of sp³-hybridized carbons (Fsp3) is 0.0612. The molecule has 1 heterocycles. The van der Waals surface area contributed by atoms with Crippen molar-refractivity contribution in [3.63, 3.8) is 0 Å². The van der Waals surface area contributed by atoms with E-state index in [2.05, 4.69) is 195 Å². The lowest BCUT2D eigenvalue weighted by molar-refractivity contribution is 0.662.